The van der Waals surface area contributed by atoms with Crippen molar-refractivity contribution in [3.63, 3.8) is 0 Å². The van der Waals surface area contributed by atoms with E-state index < -0.39 is 6.10 Å². The highest BCUT2D eigenvalue weighted by atomic mass is 16.6. The van der Waals surface area contributed by atoms with Crippen molar-refractivity contribution in [2.75, 3.05) is 26.8 Å². The molecule has 1 aromatic rings. The molecule has 2 bridgehead atoms. The van der Waals surface area contributed by atoms with Crippen LogP contribution in [0.5, 0.6) is 11.5 Å². The molecule has 1 unspecified atom stereocenters. The molecule has 29 heavy (non-hydrogen) atoms. The third kappa shape index (κ3) is 2.68. The fraction of sp³-hybridized carbons (Fsp3) is 0.591. The van der Waals surface area contributed by atoms with E-state index in [0.29, 0.717) is 17.5 Å². The van der Waals surface area contributed by atoms with Gasteiger partial charge in [-0.15, -0.1) is 0 Å². The standard InChI is InChI=1S/C22H27NO6/c1-12(25)28-17-5-3-13-9-16-15-4-6-18(27-11-14(26)10-24)21-22(15,7-8-23(16)2)19(13)20(17)29-21/h3-6,14-16,18,21,24,26H,7-11H2,1-2H3/t14-,15-,16+,18-,21?,22-/m0/s1. The molecular weight excluding hydrogens is 374 g/mol. The van der Waals surface area contributed by atoms with Gasteiger partial charge >= 0.3 is 5.97 Å². The summed E-state index contributed by atoms with van der Waals surface area (Å²) in [5.41, 5.74) is 2.17. The molecule has 7 nitrogen and oxygen atoms in total. The van der Waals surface area contributed by atoms with Crippen LogP contribution in [0.25, 0.3) is 0 Å². The van der Waals surface area contributed by atoms with Crippen molar-refractivity contribution in [3.05, 3.63) is 35.4 Å². The zero-order valence-corrected chi connectivity index (χ0v) is 16.7. The van der Waals surface area contributed by atoms with Gasteiger partial charge in [-0.1, -0.05) is 18.2 Å². The van der Waals surface area contributed by atoms with Crippen LogP contribution in [0.4, 0.5) is 0 Å². The lowest BCUT2D eigenvalue weighted by Gasteiger charge is -2.56. The number of benzene rings is 1. The Morgan fingerprint density at radius 1 is 1.41 bits per heavy atom. The maximum Gasteiger partial charge on any atom is 0.308 e. The van der Waals surface area contributed by atoms with E-state index in [2.05, 4.69) is 24.1 Å². The van der Waals surface area contributed by atoms with Gasteiger partial charge in [0.2, 0.25) is 0 Å². The SMILES string of the molecule is CC(=O)Oc1ccc2c3c1OC1[C@@H](OC[C@@H](O)CO)C=C[C@H]4[C@@H](C2)N(C)CC[C@]314. The molecule has 0 amide bonds. The van der Waals surface area contributed by atoms with Gasteiger partial charge in [-0.25, -0.2) is 0 Å². The molecule has 1 spiro atoms. The molecule has 6 atom stereocenters. The summed E-state index contributed by atoms with van der Waals surface area (Å²) < 4.78 is 18.0. The molecule has 5 rings (SSSR count). The first-order chi connectivity index (χ1) is 14.0. The first kappa shape index (κ1) is 19.1. The van der Waals surface area contributed by atoms with Crippen LogP contribution in [-0.4, -0.2) is 72.2 Å². The van der Waals surface area contributed by atoms with Gasteiger partial charge in [-0.2, -0.15) is 0 Å². The van der Waals surface area contributed by atoms with Crippen LogP contribution in [0.1, 0.15) is 24.5 Å². The zero-order chi connectivity index (χ0) is 20.3. The molecule has 0 radical (unpaired) electrons. The minimum absolute atomic E-state index is 0.0372. The number of aliphatic hydroxyl groups is 2. The van der Waals surface area contributed by atoms with Gasteiger partial charge in [0.25, 0.3) is 0 Å². The topological polar surface area (TPSA) is 88.5 Å². The molecule has 2 aliphatic carbocycles. The van der Waals surface area contributed by atoms with Crippen molar-refractivity contribution in [2.24, 2.45) is 5.92 Å². The third-order valence-electron chi connectivity index (χ3n) is 7.06. The molecule has 1 aromatic carbocycles. The van der Waals surface area contributed by atoms with Gasteiger partial charge in [0.05, 0.1) is 13.2 Å². The largest absolute Gasteiger partial charge is 0.482 e. The van der Waals surface area contributed by atoms with Gasteiger partial charge in [-0.3, -0.25) is 4.79 Å². The van der Waals surface area contributed by atoms with Gasteiger partial charge in [0.1, 0.15) is 18.3 Å². The lowest BCUT2D eigenvalue weighted by Crippen LogP contribution is -2.65. The summed E-state index contributed by atoms with van der Waals surface area (Å²) in [5.74, 6) is 1.04. The number of carbonyl (C=O) groups is 1. The average molecular weight is 401 g/mol. The second-order valence-electron chi connectivity index (χ2n) is 8.65. The molecule has 2 aliphatic heterocycles. The number of nitrogens with zero attached hydrogens (tertiary/aromatic N) is 1. The smallest absolute Gasteiger partial charge is 0.308 e. The van der Waals surface area contributed by atoms with Gasteiger partial charge in [0.15, 0.2) is 11.5 Å². The molecule has 2 N–H and O–H groups in total. The summed E-state index contributed by atoms with van der Waals surface area (Å²) in [5, 5.41) is 18.9. The first-order valence-corrected chi connectivity index (χ1v) is 10.3. The maximum atomic E-state index is 11.6. The van der Waals surface area contributed by atoms with Crippen molar-refractivity contribution >= 4 is 5.97 Å². The Hall–Kier alpha value is -1.93. The number of carbonyl (C=O) groups excluding carboxylic acids is 1. The molecule has 4 aliphatic rings. The second-order valence-corrected chi connectivity index (χ2v) is 8.65. The number of likely N-dealkylation sites (tertiary alicyclic amines) is 1. The molecule has 1 saturated heterocycles. The number of hydrogen-bond acceptors (Lipinski definition) is 7. The number of hydrogen-bond donors (Lipinski definition) is 2. The number of aliphatic hydroxyl groups excluding tert-OH is 2. The van der Waals surface area contributed by atoms with E-state index in [1.165, 1.54) is 12.5 Å². The number of ether oxygens (including phenoxy) is 3. The fourth-order valence-electron chi connectivity index (χ4n) is 5.86. The van der Waals surface area contributed by atoms with E-state index in [0.717, 1.165) is 24.9 Å². The summed E-state index contributed by atoms with van der Waals surface area (Å²) in [4.78, 5) is 14.1. The summed E-state index contributed by atoms with van der Waals surface area (Å²) in [6.07, 6.45) is 4.60. The fourth-order valence-corrected chi connectivity index (χ4v) is 5.86. The molecule has 7 heteroatoms. The van der Waals surface area contributed by atoms with Crippen LogP contribution in [0.2, 0.25) is 0 Å². The summed E-state index contributed by atoms with van der Waals surface area (Å²) in [7, 11) is 2.18. The van der Waals surface area contributed by atoms with Gasteiger partial charge in [-0.05, 0) is 38.1 Å². The highest BCUT2D eigenvalue weighted by Crippen LogP contribution is 2.62. The maximum absolute atomic E-state index is 11.6. The summed E-state index contributed by atoms with van der Waals surface area (Å²) in [6, 6.07) is 4.28. The Morgan fingerprint density at radius 2 is 2.24 bits per heavy atom. The quantitative estimate of drug-likeness (QED) is 0.429. The Morgan fingerprint density at radius 3 is 3.00 bits per heavy atom. The van der Waals surface area contributed by atoms with Crippen molar-refractivity contribution in [3.8, 4) is 11.5 Å². The minimum Gasteiger partial charge on any atom is -0.482 e. The number of piperidine rings is 1. The van der Waals surface area contributed by atoms with E-state index in [4.69, 9.17) is 19.3 Å². The van der Waals surface area contributed by atoms with E-state index in [9.17, 15) is 9.90 Å². The molecule has 1 fully saturated rings. The second kappa shape index (κ2) is 6.80. The molecule has 2 heterocycles. The van der Waals surface area contributed by atoms with Crippen molar-refractivity contribution in [1.29, 1.82) is 0 Å². The van der Waals surface area contributed by atoms with E-state index in [1.54, 1.807) is 0 Å². The lowest BCUT2D eigenvalue weighted by molar-refractivity contribution is -0.132. The molecule has 156 valence electrons. The van der Waals surface area contributed by atoms with Crippen LogP contribution in [-0.2, 0) is 21.4 Å². The Labute approximate surface area is 169 Å². The summed E-state index contributed by atoms with van der Waals surface area (Å²) >= 11 is 0. The predicted octanol–water partition coefficient (Wildman–Crippen LogP) is 0.795. The van der Waals surface area contributed by atoms with Crippen molar-refractivity contribution < 1.29 is 29.2 Å². The number of esters is 1. The Kier molecular flexibility index (Phi) is 4.47. The highest BCUT2D eigenvalue weighted by Gasteiger charge is 2.64. The average Bonchev–Trinajstić information content (AvgIpc) is 3.05. The van der Waals surface area contributed by atoms with E-state index >= 15 is 0 Å². The predicted molar refractivity (Wildman–Crippen MR) is 104 cm³/mol. The molecule has 0 saturated carbocycles. The third-order valence-corrected chi connectivity index (χ3v) is 7.06. The van der Waals surface area contributed by atoms with Crippen LogP contribution in [0, 0.1) is 5.92 Å². The number of likely N-dealkylation sites (N-methyl/N-ethyl adjacent to an activating group) is 1. The molecule has 0 aromatic heterocycles. The van der Waals surface area contributed by atoms with Gasteiger partial charge < -0.3 is 29.3 Å². The van der Waals surface area contributed by atoms with Crippen LogP contribution < -0.4 is 9.47 Å². The van der Waals surface area contributed by atoms with Crippen LogP contribution in [0.15, 0.2) is 24.3 Å². The minimum atomic E-state index is -0.925. The van der Waals surface area contributed by atoms with Gasteiger partial charge in [0, 0.05) is 29.9 Å². The van der Waals surface area contributed by atoms with Crippen molar-refractivity contribution in [1.82, 2.24) is 4.90 Å². The zero-order valence-electron chi connectivity index (χ0n) is 16.7. The van der Waals surface area contributed by atoms with Crippen LogP contribution in [0.3, 0.4) is 0 Å². The normalized spacial score (nSPS) is 35.0. The monoisotopic (exact) mass is 401 g/mol. The first-order valence-electron chi connectivity index (χ1n) is 10.3. The van der Waals surface area contributed by atoms with E-state index in [-0.39, 0.29) is 42.7 Å². The highest BCUT2D eigenvalue weighted by molar-refractivity contribution is 5.72. The molecular formula is C22H27NO6. The lowest BCUT2D eigenvalue weighted by atomic mass is 9.53. The van der Waals surface area contributed by atoms with Crippen molar-refractivity contribution in [2.45, 2.75) is 49.5 Å². The Bertz CT molecular complexity index is 869. The van der Waals surface area contributed by atoms with Crippen LogP contribution >= 0.6 is 0 Å². The summed E-state index contributed by atoms with van der Waals surface area (Å²) in [6.45, 7) is 2.04. The number of rotatable bonds is 5. The van der Waals surface area contributed by atoms with E-state index in [1.807, 2.05) is 12.1 Å². The Balaban J connectivity index is 1.61.